The van der Waals surface area contributed by atoms with Crippen molar-refractivity contribution in [1.29, 1.82) is 0 Å². The summed E-state index contributed by atoms with van der Waals surface area (Å²) in [7, 11) is 0. The molecule has 2 nitrogen and oxygen atoms in total. The summed E-state index contributed by atoms with van der Waals surface area (Å²) >= 11 is 3.50. The molecular weight excluding hydrogens is 264 g/mol. The Balaban J connectivity index is 1.92. The van der Waals surface area contributed by atoms with Gasteiger partial charge < -0.3 is 5.32 Å². The van der Waals surface area contributed by atoms with Crippen LogP contribution in [0, 0.1) is 11.8 Å². The fraction of sp³-hybridized carbons (Fsp3) is 0.385. The lowest BCUT2D eigenvalue weighted by Gasteiger charge is -2.24. The van der Waals surface area contributed by atoms with E-state index < -0.39 is 0 Å². The summed E-state index contributed by atoms with van der Waals surface area (Å²) < 4.78 is 1.07. The van der Waals surface area contributed by atoms with Crippen molar-refractivity contribution in [3.05, 3.63) is 34.3 Å². The maximum atomic E-state index is 3.50. The van der Waals surface area contributed by atoms with Crippen LogP contribution in [0.5, 0.6) is 0 Å². The van der Waals surface area contributed by atoms with Crippen LogP contribution in [0.25, 0.3) is 0 Å². The second-order valence-electron chi connectivity index (χ2n) is 3.81. The van der Waals surface area contributed by atoms with E-state index in [1.165, 1.54) is 0 Å². The highest BCUT2D eigenvalue weighted by atomic mass is 79.9. The van der Waals surface area contributed by atoms with Crippen LogP contribution in [-0.4, -0.2) is 37.6 Å². The number of hydrogen-bond acceptors (Lipinski definition) is 2. The average molecular weight is 279 g/mol. The third-order valence-electron chi connectivity index (χ3n) is 2.61. The van der Waals surface area contributed by atoms with E-state index in [0.29, 0.717) is 0 Å². The van der Waals surface area contributed by atoms with E-state index in [1.807, 2.05) is 24.3 Å². The van der Waals surface area contributed by atoms with Gasteiger partial charge in [0.15, 0.2) is 0 Å². The monoisotopic (exact) mass is 278 g/mol. The van der Waals surface area contributed by atoms with E-state index in [0.717, 1.165) is 42.8 Å². The van der Waals surface area contributed by atoms with Gasteiger partial charge in [0, 0.05) is 36.2 Å². The summed E-state index contributed by atoms with van der Waals surface area (Å²) in [6, 6.07) is 8.08. The molecule has 84 valence electrons. The molecule has 0 unspecified atom stereocenters. The van der Waals surface area contributed by atoms with Crippen LogP contribution in [0.2, 0.25) is 0 Å². The Morgan fingerprint density at radius 2 is 2.00 bits per heavy atom. The lowest BCUT2D eigenvalue weighted by molar-refractivity contribution is 0.268. The molecule has 0 atom stereocenters. The van der Waals surface area contributed by atoms with E-state index >= 15 is 0 Å². The van der Waals surface area contributed by atoms with Crippen molar-refractivity contribution in [2.75, 3.05) is 32.7 Å². The number of rotatable bonds is 1. The van der Waals surface area contributed by atoms with Crippen molar-refractivity contribution in [3.8, 4) is 11.8 Å². The van der Waals surface area contributed by atoms with Gasteiger partial charge in [-0.3, -0.25) is 4.90 Å². The predicted octanol–water partition coefficient (Wildman–Crippen LogP) is 1.71. The largest absolute Gasteiger partial charge is 0.314 e. The van der Waals surface area contributed by atoms with E-state index in [9.17, 15) is 0 Å². The number of nitrogens with zero attached hydrogens (tertiary/aromatic N) is 1. The third-order valence-corrected chi connectivity index (χ3v) is 3.30. The minimum atomic E-state index is 0.864. The van der Waals surface area contributed by atoms with Crippen molar-refractivity contribution in [1.82, 2.24) is 10.2 Å². The fourth-order valence-electron chi connectivity index (χ4n) is 1.68. The molecule has 1 aliphatic heterocycles. The molecule has 2 rings (SSSR count). The first-order valence-corrected chi connectivity index (χ1v) is 6.32. The van der Waals surface area contributed by atoms with Gasteiger partial charge in [0.05, 0.1) is 6.54 Å². The Morgan fingerprint density at radius 3 is 2.75 bits per heavy atom. The van der Waals surface area contributed by atoms with Gasteiger partial charge in [-0.1, -0.05) is 24.0 Å². The standard InChI is InChI=1S/C13H15BrN2/c14-13-6-2-1-4-12(13)5-3-9-16-10-7-15-8-11-16/h1-2,4,6,15H,7-11H2. The smallest absolute Gasteiger partial charge is 0.0606 e. The highest BCUT2D eigenvalue weighted by molar-refractivity contribution is 9.10. The molecular formula is C13H15BrN2. The van der Waals surface area contributed by atoms with Crippen LogP contribution in [-0.2, 0) is 0 Å². The first kappa shape index (κ1) is 11.7. The molecule has 1 saturated heterocycles. The highest BCUT2D eigenvalue weighted by Gasteiger charge is 2.06. The van der Waals surface area contributed by atoms with E-state index in [4.69, 9.17) is 0 Å². The quantitative estimate of drug-likeness (QED) is 0.787. The van der Waals surface area contributed by atoms with Gasteiger partial charge >= 0.3 is 0 Å². The molecule has 0 amide bonds. The molecule has 1 aromatic carbocycles. The molecule has 0 radical (unpaired) electrons. The zero-order chi connectivity index (χ0) is 11.2. The molecule has 0 spiro atoms. The lowest BCUT2D eigenvalue weighted by atomic mass is 10.2. The Morgan fingerprint density at radius 1 is 1.25 bits per heavy atom. The maximum absolute atomic E-state index is 3.50. The molecule has 1 aliphatic rings. The van der Waals surface area contributed by atoms with Crippen molar-refractivity contribution >= 4 is 15.9 Å². The van der Waals surface area contributed by atoms with Gasteiger partial charge in [0.1, 0.15) is 0 Å². The predicted molar refractivity (Wildman–Crippen MR) is 70.3 cm³/mol. The van der Waals surface area contributed by atoms with Gasteiger partial charge in [-0.25, -0.2) is 0 Å². The summed E-state index contributed by atoms with van der Waals surface area (Å²) in [6.45, 7) is 5.23. The normalized spacial score (nSPS) is 16.6. The van der Waals surface area contributed by atoms with Crippen molar-refractivity contribution in [3.63, 3.8) is 0 Å². The molecule has 1 aromatic rings. The van der Waals surface area contributed by atoms with Gasteiger partial charge in [0.2, 0.25) is 0 Å². The topological polar surface area (TPSA) is 15.3 Å². The molecule has 1 heterocycles. The minimum Gasteiger partial charge on any atom is -0.314 e. The zero-order valence-corrected chi connectivity index (χ0v) is 10.8. The average Bonchev–Trinajstić information content (AvgIpc) is 2.33. The minimum absolute atomic E-state index is 0.864. The Labute approximate surface area is 105 Å². The Kier molecular flexibility index (Phi) is 4.41. The van der Waals surface area contributed by atoms with Crippen molar-refractivity contribution in [2.45, 2.75) is 0 Å². The first-order valence-electron chi connectivity index (χ1n) is 5.53. The van der Waals surface area contributed by atoms with Gasteiger partial charge in [-0.05, 0) is 28.1 Å². The molecule has 3 heteroatoms. The number of benzene rings is 1. The fourth-order valence-corrected chi connectivity index (χ4v) is 2.06. The van der Waals surface area contributed by atoms with E-state index in [2.05, 4.69) is 38.0 Å². The molecule has 0 saturated carbocycles. The Hall–Kier alpha value is -0.820. The molecule has 0 aromatic heterocycles. The summed E-state index contributed by atoms with van der Waals surface area (Å²) in [4.78, 5) is 2.38. The van der Waals surface area contributed by atoms with Crippen LogP contribution in [0.1, 0.15) is 5.56 Å². The van der Waals surface area contributed by atoms with Crippen molar-refractivity contribution in [2.24, 2.45) is 0 Å². The van der Waals surface area contributed by atoms with E-state index in [1.54, 1.807) is 0 Å². The van der Waals surface area contributed by atoms with Crippen LogP contribution in [0.4, 0.5) is 0 Å². The second-order valence-corrected chi connectivity index (χ2v) is 4.66. The van der Waals surface area contributed by atoms with Gasteiger partial charge in [-0.15, -0.1) is 0 Å². The number of nitrogens with one attached hydrogen (secondary N) is 1. The highest BCUT2D eigenvalue weighted by Crippen LogP contribution is 2.13. The second kappa shape index (κ2) is 6.05. The molecule has 0 bridgehead atoms. The first-order chi connectivity index (χ1) is 7.86. The van der Waals surface area contributed by atoms with Gasteiger partial charge in [-0.2, -0.15) is 0 Å². The van der Waals surface area contributed by atoms with Gasteiger partial charge in [0.25, 0.3) is 0 Å². The third kappa shape index (κ3) is 3.34. The van der Waals surface area contributed by atoms with Crippen LogP contribution >= 0.6 is 15.9 Å². The zero-order valence-electron chi connectivity index (χ0n) is 9.17. The lowest BCUT2D eigenvalue weighted by Crippen LogP contribution is -2.43. The maximum Gasteiger partial charge on any atom is 0.0606 e. The Bertz CT molecular complexity index is 400. The summed E-state index contributed by atoms with van der Waals surface area (Å²) in [5.41, 5.74) is 1.07. The molecule has 1 N–H and O–H groups in total. The molecule has 16 heavy (non-hydrogen) atoms. The summed E-state index contributed by atoms with van der Waals surface area (Å²) in [5, 5.41) is 3.33. The number of hydrogen-bond donors (Lipinski definition) is 1. The van der Waals surface area contributed by atoms with Crippen LogP contribution in [0.3, 0.4) is 0 Å². The van der Waals surface area contributed by atoms with E-state index in [-0.39, 0.29) is 0 Å². The van der Waals surface area contributed by atoms with Crippen molar-refractivity contribution < 1.29 is 0 Å². The van der Waals surface area contributed by atoms with Crippen LogP contribution in [0.15, 0.2) is 28.7 Å². The summed E-state index contributed by atoms with van der Waals surface area (Å²) in [6.07, 6.45) is 0. The molecule has 1 fully saturated rings. The summed E-state index contributed by atoms with van der Waals surface area (Å²) in [5.74, 6) is 6.43. The van der Waals surface area contributed by atoms with Crippen LogP contribution < -0.4 is 5.32 Å². The number of piperazine rings is 1. The SMILES string of the molecule is Brc1ccccc1C#CCN1CCNCC1. The molecule has 0 aliphatic carbocycles. The number of halogens is 1.